The van der Waals surface area contributed by atoms with Gasteiger partial charge in [-0.1, -0.05) is 37.7 Å². The minimum absolute atomic E-state index is 0.0628. The zero-order chi connectivity index (χ0) is 23.9. The molecule has 0 saturated carbocycles. The number of rotatable bonds is 10. The van der Waals surface area contributed by atoms with Gasteiger partial charge in [0, 0.05) is 13.1 Å². The highest BCUT2D eigenvalue weighted by atomic mass is 32.2. The first-order valence-electron chi connectivity index (χ1n) is 11.8. The second-order valence-electron chi connectivity index (χ2n) is 9.10. The number of amides is 1. The van der Waals surface area contributed by atoms with Gasteiger partial charge in [0.15, 0.2) is 5.16 Å². The number of carbonyl (C=O) groups is 1. The maximum absolute atomic E-state index is 12.4. The second kappa shape index (κ2) is 11.5. The largest absolute Gasteiger partial charge is 0.492 e. The molecule has 2 unspecified atom stereocenters. The van der Waals surface area contributed by atoms with Crippen molar-refractivity contribution in [2.45, 2.75) is 38.9 Å². The van der Waals surface area contributed by atoms with Crippen LogP contribution in [0.2, 0.25) is 0 Å². The average molecular weight is 484 g/mol. The summed E-state index contributed by atoms with van der Waals surface area (Å²) in [5.41, 5.74) is 1.14. The van der Waals surface area contributed by atoms with E-state index >= 15 is 0 Å². The van der Waals surface area contributed by atoms with Crippen LogP contribution in [-0.2, 0) is 11.3 Å². The molecule has 0 aliphatic carbocycles. The Morgan fingerprint density at radius 2 is 2.03 bits per heavy atom. The molecule has 8 nitrogen and oxygen atoms in total. The number of thioether (sulfide) groups is 1. The van der Waals surface area contributed by atoms with E-state index in [4.69, 9.17) is 9.15 Å². The number of piperidine rings is 1. The van der Waals surface area contributed by atoms with Crippen molar-refractivity contribution >= 4 is 23.6 Å². The van der Waals surface area contributed by atoms with Crippen LogP contribution in [0.1, 0.15) is 31.6 Å². The predicted octanol–water partition coefficient (Wildman–Crippen LogP) is 4.00. The Balaban J connectivity index is 1.34. The molecular weight excluding hydrogens is 450 g/mol. The Bertz CT molecular complexity index is 1060. The normalized spacial score (nSPS) is 18.1. The number of hydrogen-bond acceptors (Lipinski definition) is 7. The van der Waals surface area contributed by atoms with Crippen LogP contribution in [0, 0.1) is 18.8 Å². The molecule has 1 saturated heterocycles. The molecule has 9 heteroatoms. The first-order chi connectivity index (χ1) is 16.5. The molecule has 2 aromatic heterocycles. The smallest absolute Gasteiger partial charge is 0.230 e. The molecule has 182 valence electrons. The van der Waals surface area contributed by atoms with E-state index in [-0.39, 0.29) is 11.7 Å². The van der Waals surface area contributed by atoms with E-state index in [2.05, 4.69) is 38.8 Å². The first kappa shape index (κ1) is 24.2. The molecule has 1 amide bonds. The molecule has 1 aliphatic rings. The topological polar surface area (TPSA) is 85.4 Å². The lowest BCUT2D eigenvalue weighted by molar-refractivity contribution is -0.118. The average Bonchev–Trinajstić information content (AvgIpc) is 3.45. The highest BCUT2D eigenvalue weighted by Crippen LogP contribution is 2.29. The van der Waals surface area contributed by atoms with E-state index in [0.29, 0.717) is 36.7 Å². The highest BCUT2D eigenvalue weighted by molar-refractivity contribution is 7.99. The monoisotopic (exact) mass is 483 g/mol. The number of furan rings is 1. The van der Waals surface area contributed by atoms with E-state index in [1.807, 2.05) is 43.3 Å². The van der Waals surface area contributed by atoms with Gasteiger partial charge in [0.2, 0.25) is 11.9 Å². The van der Waals surface area contributed by atoms with Crippen molar-refractivity contribution in [2.24, 2.45) is 11.8 Å². The van der Waals surface area contributed by atoms with Crippen LogP contribution in [0.5, 0.6) is 5.75 Å². The van der Waals surface area contributed by atoms with Crippen LogP contribution in [0.15, 0.2) is 52.2 Å². The lowest BCUT2D eigenvalue weighted by atomic mass is 9.92. The van der Waals surface area contributed by atoms with Gasteiger partial charge in [-0.15, -0.1) is 10.2 Å². The summed E-state index contributed by atoms with van der Waals surface area (Å²) in [6.45, 7) is 9.87. The molecule has 1 fully saturated rings. The number of anilines is 1. The summed E-state index contributed by atoms with van der Waals surface area (Å²) >= 11 is 1.39. The number of ether oxygens (including phenoxy) is 1. The summed E-state index contributed by atoms with van der Waals surface area (Å²) in [5.74, 6) is 3.87. The van der Waals surface area contributed by atoms with Crippen LogP contribution >= 0.6 is 11.8 Å². The summed E-state index contributed by atoms with van der Waals surface area (Å²) in [4.78, 5) is 14.7. The third kappa shape index (κ3) is 6.56. The minimum atomic E-state index is -0.0628. The highest BCUT2D eigenvalue weighted by Gasteiger charge is 2.27. The van der Waals surface area contributed by atoms with Crippen molar-refractivity contribution in [1.29, 1.82) is 0 Å². The Morgan fingerprint density at radius 1 is 1.21 bits per heavy atom. The fourth-order valence-corrected chi connectivity index (χ4v) is 5.15. The van der Waals surface area contributed by atoms with Gasteiger partial charge in [0.25, 0.3) is 0 Å². The zero-order valence-electron chi connectivity index (χ0n) is 20.1. The Hall–Kier alpha value is -2.94. The fraction of sp³-hybridized carbons (Fsp3) is 0.480. The number of carbonyl (C=O) groups excluding carboxylic acids is 1. The van der Waals surface area contributed by atoms with E-state index in [9.17, 15) is 4.79 Å². The Morgan fingerprint density at radius 3 is 2.76 bits per heavy atom. The summed E-state index contributed by atoms with van der Waals surface area (Å²) in [6, 6.07) is 11.7. The molecule has 0 bridgehead atoms. The van der Waals surface area contributed by atoms with Crippen LogP contribution in [-0.4, -0.2) is 52.7 Å². The predicted molar refractivity (Wildman–Crippen MR) is 133 cm³/mol. The molecule has 3 aromatic rings. The number of aryl methyl sites for hydroxylation is 1. The maximum atomic E-state index is 12.4. The second-order valence-corrected chi connectivity index (χ2v) is 10.0. The summed E-state index contributed by atoms with van der Waals surface area (Å²) < 4.78 is 13.3. The van der Waals surface area contributed by atoms with E-state index in [0.717, 1.165) is 36.1 Å². The van der Waals surface area contributed by atoms with Gasteiger partial charge in [0.1, 0.15) is 18.1 Å². The first-order valence-corrected chi connectivity index (χ1v) is 12.8. The Labute approximate surface area is 205 Å². The molecule has 34 heavy (non-hydrogen) atoms. The molecule has 1 aromatic carbocycles. The third-order valence-corrected chi connectivity index (χ3v) is 6.72. The lowest BCUT2D eigenvalue weighted by Gasteiger charge is -2.35. The van der Waals surface area contributed by atoms with Gasteiger partial charge < -0.3 is 19.4 Å². The SMILES string of the molecule is Cc1cccc(OCCNC(=O)CSc2nnc(N3CC(C)CC(C)C3)n2Cc2ccco2)c1. The van der Waals surface area contributed by atoms with Crippen LogP contribution in [0.4, 0.5) is 5.95 Å². The molecule has 1 N–H and O–H groups in total. The van der Waals surface area contributed by atoms with Crippen LogP contribution < -0.4 is 15.0 Å². The van der Waals surface area contributed by atoms with Gasteiger partial charge in [-0.05, 0) is 55.0 Å². The van der Waals surface area contributed by atoms with E-state index in [1.165, 1.54) is 18.2 Å². The number of nitrogens with zero attached hydrogens (tertiary/aromatic N) is 4. The standard InChI is InChI=1S/C25H33N5O3S/c1-18-6-4-7-21(13-18)33-11-9-26-23(31)17-34-25-28-27-24(29-14-19(2)12-20(3)15-29)30(25)16-22-8-5-10-32-22/h4-8,10,13,19-20H,9,11-12,14-17H2,1-3H3,(H,26,31). The molecule has 4 rings (SSSR count). The molecule has 0 radical (unpaired) electrons. The summed E-state index contributed by atoms with van der Waals surface area (Å²) in [5, 5.41) is 12.6. The Kier molecular flexibility index (Phi) is 8.16. The van der Waals surface area contributed by atoms with E-state index < -0.39 is 0 Å². The maximum Gasteiger partial charge on any atom is 0.230 e. The van der Waals surface area contributed by atoms with Gasteiger partial charge in [-0.25, -0.2) is 0 Å². The van der Waals surface area contributed by atoms with Gasteiger partial charge >= 0.3 is 0 Å². The lowest BCUT2D eigenvalue weighted by Crippen LogP contribution is -2.40. The van der Waals surface area contributed by atoms with Gasteiger partial charge in [-0.3, -0.25) is 9.36 Å². The fourth-order valence-electron chi connectivity index (χ4n) is 4.39. The number of hydrogen-bond donors (Lipinski definition) is 1. The molecular formula is C25H33N5O3S. The van der Waals surface area contributed by atoms with Crippen LogP contribution in [0.25, 0.3) is 0 Å². The quantitative estimate of drug-likeness (QED) is 0.345. The number of benzene rings is 1. The van der Waals surface area contributed by atoms with E-state index in [1.54, 1.807) is 6.26 Å². The third-order valence-electron chi connectivity index (χ3n) is 5.76. The summed E-state index contributed by atoms with van der Waals surface area (Å²) in [7, 11) is 0. The van der Waals surface area contributed by atoms with Crippen molar-refractivity contribution < 1.29 is 13.9 Å². The number of aromatic nitrogens is 3. The zero-order valence-corrected chi connectivity index (χ0v) is 20.9. The van der Waals surface area contributed by atoms with Gasteiger partial charge in [-0.2, -0.15) is 0 Å². The molecule has 3 heterocycles. The van der Waals surface area contributed by atoms with Crippen LogP contribution in [0.3, 0.4) is 0 Å². The van der Waals surface area contributed by atoms with Crippen molar-refractivity contribution in [2.75, 3.05) is 36.9 Å². The number of nitrogens with one attached hydrogen (secondary N) is 1. The summed E-state index contributed by atoms with van der Waals surface area (Å²) in [6.07, 6.45) is 2.89. The van der Waals surface area contributed by atoms with Crippen molar-refractivity contribution in [3.8, 4) is 5.75 Å². The molecule has 2 atom stereocenters. The molecule has 0 spiro atoms. The van der Waals surface area contributed by atoms with Crippen molar-refractivity contribution in [3.05, 3.63) is 54.0 Å². The van der Waals surface area contributed by atoms with Crippen molar-refractivity contribution in [3.63, 3.8) is 0 Å². The van der Waals surface area contributed by atoms with Gasteiger partial charge in [0.05, 0.1) is 25.1 Å². The molecule has 1 aliphatic heterocycles. The van der Waals surface area contributed by atoms with Crippen molar-refractivity contribution in [1.82, 2.24) is 20.1 Å². The minimum Gasteiger partial charge on any atom is -0.492 e.